The Morgan fingerprint density at radius 2 is 0.781 bits per heavy atom. The molecule has 10 nitrogen and oxygen atoms in total. The van der Waals surface area contributed by atoms with E-state index in [9.17, 15) is 0 Å². The SMILES string of the molecule is CN(C)C(=NP(N=C(N(C)C)N(C)C)(N=C(N(C)C)N(C)C)=Nc1ccccc1)N(C)C. The average Bonchev–Trinajstić information content (AvgIpc) is 2.67. The van der Waals surface area contributed by atoms with Gasteiger partial charge < -0.3 is 29.4 Å². The van der Waals surface area contributed by atoms with Crippen molar-refractivity contribution in [2.45, 2.75) is 0 Å². The van der Waals surface area contributed by atoms with Crippen LogP contribution in [-0.2, 0) is 0 Å². The first kappa shape index (κ1) is 27.3. The van der Waals surface area contributed by atoms with Crippen molar-refractivity contribution in [2.75, 3.05) is 84.6 Å². The molecule has 11 heteroatoms. The highest BCUT2D eigenvalue weighted by Crippen LogP contribution is 2.58. The number of hydrogen-bond donors (Lipinski definition) is 0. The summed E-state index contributed by atoms with van der Waals surface area (Å²) in [6.45, 7) is 0. The second kappa shape index (κ2) is 11.8. The zero-order chi connectivity index (χ0) is 24.6. The third kappa shape index (κ3) is 7.75. The summed E-state index contributed by atoms with van der Waals surface area (Å²) in [7, 11) is 20.4. The predicted octanol–water partition coefficient (Wildman–Crippen LogP) is 2.70. The molecule has 1 rings (SSSR count). The lowest BCUT2D eigenvalue weighted by molar-refractivity contribution is 0.482. The van der Waals surface area contributed by atoms with Crippen LogP contribution in [-0.4, -0.2) is 132 Å². The van der Waals surface area contributed by atoms with Gasteiger partial charge in [-0.1, -0.05) is 18.2 Å². The second-order valence-corrected chi connectivity index (χ2v) is 10.4. The Kier molecular flexibility index (Phi) is 10.0. The van der Waals surface area contributed by atoms with Crippen molar-refractivity contribution in [1.29, 1.82) is 0 Å². The van der Waals surface area contributed by atoms with Crippen LogP contribution in [0.2, 0.25) is 0 Å². The van der Waals surface area contributed by atoms with Crippen molar-refractivity contribution in [1.82, 2.24) is 29.4 Å². The van der Waals surface area contributed by atoms with Crippen LogP contribution in [0.1, 0.15) is 0 Å². The Morgan fingerprint density at radius 3 is 1.03 bits per heavy atom. The molecule has 0 aliphatic rings. The van der Waals surface area contributed by atoms with E-state index in [4.69, 9.17) is 19.0 Å². The summed E-state index contributed by atoms with van der Waals surface area (Å²) in [5.74, 6) is 2.21. The van der Waals surface area contributed by atoms with Crippen LogP contribution < -0.4 is 0 Å². The highest BCUT2D eigenvalue weighted by molar-refractivity contribution is 7.63. The van der Waals surface area contributed by atoms with E-state index in [2.05, 4.69) is 0 Å². The van der Waals surface area contributed by atoms with Gasteiger partial charge in [0.2, 0.25) is 17.9 Å². The minimum absolute atomic E-state index is 0.735. The molecule has 0 amide bonds. The fourth-order valence-corrected chi connectivity index (χ4v) is 5.39. The predicted molar refractivity (Wildman–Crippen MR) is 140 cm³/mol. The van der Waals surface area contributed by atoms with Gasteiger partial charge in [-0.25, -0.2) is 4.74 Å². The van der Waals surface area contributed by atoms with Gasteiger partial charge in [-0.2, -0.15) is 14.3 Å². The highest BCUT2D eigenvalue weighted by atomic mass is 31.2. The summed E-state index contributed by atoms with van der Waals surface area (Å²) in [6, 6.07) is 9.80. The molecule has 0 bridgehead atoms. The molecule has 0 fully saturated rings. The van der Waals surface area contributed by atoms with E-state index >= 15 is 0 Å². The minimum atomic E-state index is -3.07. The molecular weight excluding hydrogens is 423 g/mol. The molecule has 0 aliphatic carbocycles. The summed E-state index contributed by atoms with van der Waals surface area (Å²) in [4.78, 5) is 11.7. The summed E-state index contributed by atoms with van der Waals surface area (Å²) in [6.07, 6.45) is 0. The number of guanidine groups is 3. The first-order chi connectivity index (χ1) is 14.8. The largest absolute Gasteiger partial charge is 0.349 e. The molecule has 0 saturated heterocycles. The van der Waals surface area contributed by atoms with Crippen LogP contribution in [0.5, 0.6) is 0 Å². The number of hydrogen-bond acceptors (Lipinski definition) is 1. The van der Waals surface area contributed by atoms with E-state index in [0.29, 0.717) is 0 Å². The molecule has 0 aliphatic heterocycles. The Balaban J connectivity index is 4.24. The van der Waals surface area contributed by atoms with E-state index in [-0.39, 0.29) is 0 Å². The van der Waals surface area contributed by atoms with E-state index in [0.717, 1.165) is 23.6 Å². The van der Waals surface area contributed by atoms with Crippen LogP contribution in [0, 0.1) is 0 Å². The fraction of sp³-hybridized carbons (Fsp3) is 0.571. The van der Waals surface area contributed by atoms with Crippen LogP contribution in [0.3, 0.4) is 0 Å². The molecule has 180 valence electrons. The van der Waals surface area contributed by atoms with Gasteiger partial charge in [-0.3, -0.25) is 0 Å². The molecule has 0 saturated carbocycles. The molecule has 1 aromatic carbocycles. The van der Waals surface area contributed by atoms with Gasteiger partial charge in [-0.05, 0) is 12.1 Å². The van der Waals surface area contributed by atoms with Crippen LogP contribution in [0.15, 0.2) is 49.4 Å². The van der Waals surface area contributed by atoms with Gasteiger partial charge in [0.05, 0.1) is 5.69 Å². The molecule has 0 radical (unpaired) electrons. The first-order valence-electron chi connectivity index (χ1n) is 10.3. The van der Waals surface area contributed by atoms with Crippen LogP contribution in [0.25, 0.3) is 0 Å². The second-order valence-electron chi connectivity index (χ2n) is 8.54. The number of rotatable bonds is 4. The van der Waals surface area contributed by atoms with Crippen molar-refractivity contribution in [2.24, 2.45) is 19.0 Å². The number of benzene rings is 1. The minimum Gasteiger partial charge on any atom is -0.349 e. The molecule has 0 N–H and O–H groups in total. The fourth-order valence-electron chi connectivity index (χ4n) is 2.88. The molecule has 0 unspecified atom stereocenters. The normalized spacial score (nSPS) is 10.5. The van der Waals surface area contributed by atoms with E-state index in [1.807, 2.05) is 144 Å². The zero-order valence-electron chi connectivity index (χ0n) is 21.8. The highest BCUT2D eigenvalue weighted by Gasteiger charge is 2.26. The zero-order valence-corrected chi connectivity index (χ0v) is 22.7. The first-order valence-corrected chi connectivity index (χ1v) is 11.9. The molecule has 1 aromatic rings. The summed E-state index contributed by atoms with van der Waals surface area (Å²) in [5.41, 5.74) is 0.780. The summed E-state index contributed by atoms with van der Waals surface area (Å²) < 4.78 is 20.5. The maximum absolute atomic E-state index is 5.14. The Labute approximate surface area is 194 Å². The van der Waals surface area contributed by atoms with Crippen molar-refractivity contribution in [3.8, 4) is 0 Å². The Bertz CT molecular complexity index is 757. The molecule has 0 spiro atoms. The third-order valence-electron chi connectivity index (χ3n) is 4.08. The van der Waals surface area contributed by atoms with Crippen LogP contribution >= 0.6 is 7.51 Å². The van der Waals surface area contributed by atoms with Crippen molar-refractivity contribution >= 4 is 31.1 Å². The van der Waals surface area contributed by atoms with Gasteiger partial charge in [0.15, 0.2) is 0 Å². The van der Waals surface area contributed by atoms with E-state index < -0.39 is 7.51 Å². The van der Waals surface area contributed by atoms with Gasteiger partial charge in [0.25, 0.3) is 0 Å². The van der Waals surface area contributed by atoms with E-state index in [1.54, 1.807) is 0 Å². The molecule has 32 heavy (non-hydrogen) atoms. The van der Waals surface area contributed by atoms with Gasteiger partial charge in [0.1, 0.15) is 0 Å². The van der Waals surface area contributed by atoms with E-state index in [1.165, 1.54) is 0 Å². The standard InChI is InChI=1S/C21H41N10P/c1-26(2)19(27(3)4)23-32(22-18-16-14-13-15-17-18,24-20(28(5)6)29(7)8)25-21(30(9)10)31(11)12/h13-17H,1-12H3. The Morgan fingerprint density at radius 1 is 0.500 bits per heavy atom. The number of nitrogens with zero attached hydrogens (tertiary/aromatic N) is 10. The summed E-state index contributed by atoms with van der Waals surface area (Å²) in [5, 5.41) is 0. The maximum Gasteiger partial charge on any atom is 0.314 e. The topological polar surface area (TPSA) is 68.9 Å². The van der Waals surface area contributed by atoms with Crippen molar-refractivity contribution < 1.29 is 0 Å². The lowest BCUT2D eigenvalue weighted by atomic mass is 10.3. The van der Waals surface area contributed by atoms with Gasteiger partial charge >= 0.3 is 7.51 Å². The summed E-state index contributed by atoms with van der Waals surface area (Å²) >= 11 is 0. The molecule has 0 atom stereocenters. The maximum atomic E-state index is 5.14. The lowest BCUT2D eigenvalue weighted by Crippen LogP contribution is -2.37. The third-order valence-corrected chi connectivity index (χ3v) is 5.92. The average molecular weight is 465 g/mol. The van der Waals surface area contributed by atoms with Crippen molar-refractivity contribution in [3.05, 3.63) is 30.3 Å². The van der Waals surface area contributed by atoms with Crippen molar-refractivity contribution in [3.63, 3.8) is 0 Å². The van der Waals surface area contributed by atoms with Crippen LogP contribution in [0.4, 0.5) is 5.69 Å². The smallest absolute Gasteiger partial charge is 0.314 e. The lowest BCUT2D eigenvalue weighted by Gasteiger charge is -2.29. The van der Waals surface area contributed by atoms with Gasteiger partial charge in [-0.15, -0.1) is 0 Å². The quantitative estimate of drug-likeness (QED) is 0.388. The molecule has 0 aromatic heterocycles. The Hall–Kier alpha value is -2.74. The monoisotopic (exact) mass is 464 g/mol. The molecular formula is C21H41N10P. The van der Waals surface area contributed by atoms with Gasteiger partial charge in [0, 0.05) is 84.6 Å². The molecule has 0 heterocycles.